The molecular formula is C15H14ClFN2O. The molecule has 5 heteroatoms. The Labute approximate surface area is 121 Å². The maximum Gasteiger partial charge on any atom is 0.221 e. The van der Waals surface area contributed by atoms with Crippen LogP contribution in [0.3, 0.4) is 0 Å². The summed E-state index contributed by atoms with van der Waals surface area (Å²) in [5.74, 6) is -0.769. The zero-order valence-electron chi connectivity index (χ0n) is 10.7. The van der Waals surface area contributed by atoms with Gasteiger partial charge >= 0.3 is 0 Å². The number of rotatable bonds is 5. The van der Waals surface area contributed by atoms with Crippen LogP contribution in [0.5, 0.6) is 0 Å². The summed E-state index contributed by atoms with van der Waals surface area (Å²) < 4.78 is 13.7. The zero-order valence-corrected chi connectivity index (χ0v) is 11.5. The molecule has 0 bridgehead atoms. The van der Waals surface area contributed by atoms with Crippen LogP contribution in [0, 0.1) is 5.82 Å². The maximum atomic E-state index is 13.7. The lowest BCUT2D eigenvalue weighted by Crippen LogP contribution is -2.15. The molecule has 3 nitrogen and oxygen atoms in total. The molecule has 0 saturated carbocycles. The number of carbonyl (C=O) groups is 1. The molecule has 1 amide bonds. The number of nitrogens with one attached hydrogen (secondary N) is 1. The number of carbonyl (C=O) groups excluding carboxylic acids is 1. The molecule has 0 aliphatic rings. The van der Waals surface area contributed by atoms with Crippen LogP contribution < -0.4 is 11.1 Å². The van der Waals surface area contributed by atoms with Crippen LogP contribution in [-0.4, -0.2) is 5.91 Å². The molecule has 3 N–H and O–H groups in total. The number of halogens is 2. The van der Waals surface area contributed by atoms with Crippen LogP contribution in [0.2, 0.25) is 5.02 Å². The molecule has 2 rings (SSSR count). The second kappa shape index (κ2) is 6.39. The van der Waals surface area contributed by atoms with Gasteiger partial charge in [0.1, 0.15) is 5.82 Å². The van der Waals surface area contributed by atoms with Crippen molar-refractivity contribution in [3.8, 4) is 0 Å². The first-order valence-corrected chi connectivity index (χ1v) is 6.48. The Morgan fingerprint density at radius 2 is 1.95 bits per heavy atom. The minimum atomic E-state index is -0.406. The number of hydrogen-bond donors (Lipinski definition) is 2. The SMILES string of the molecule is NC(=O)Cc1ccccc1NCc1ccc(Cl)cc1F. The van der Waals surface area contributed by atoms with Crippen molar-refractivity contribution >= 4 is 23.2 Å². The Morgan fingerprint density at radius 3 is 2.65 bits per heavy atom. The fourth-order valence-corrected chi connectivity index (χ4v) is 2.05. The smallest absolute Gasteiger partial charge is 0.221 e. The molecule has 0 spiro atoms. The molecule has 0 unspecified atom stereocenters. The molecule has 0 saturated heterocycles. The summed E-state index contributed by atoms with van der Waals surface area (Å²) in [4.78, 5) is 11.0. The number of nitrogens with two attached hydrogens (primary N) is 1. The minimum absolute atomic E-state index is 0.145. The molecule has 20 heavy (non-hydrogen) atoms. The minimum Gasteiger partial charge on any atom is -0.381 e. The van der Waals surface area contributed by atoms with Crippen molar-refractivity contribution in [2.24, 2.45) is 5.73 Å². The predicted molar refractivity (Wildman–Crippen MR) is 78.1 cm³/mol. The van der Waals surface area contributed by atoms with Crippen molar-refractivity contribution < 1.29 is 9.18 Å². The number of amides is 1. The Bertz CT molecular complexity index is 631. The lowest BCUT2D eigenvalue weighted by atomic mass is 10.1. The van der Waals surface area contributed by atoms with Crippen molar-refractivity contribution in [2.45, 2.75) is 13.0 Å². The van der Waals surface area contributed by atoms with Gasteiger partial charge in [-0.05, 0) is 23.8 Å². The topological polar surface area (TPSA) is 55.1 Å². The van der Waals surface area contributed by atoms with E-state index in [1.165, 1.54) is 6.07 Å². The highest BCUT2D eigenvalue weighted by atomic mass is 35.5. The summed E-state index contributed by atoms with van der Waals surface area (Å²) in [5, 5.41) is 3.47. The molecule has 2 aromatic carbocycles. The van der Waals surface area contributed by atoms with Gasteiger partial charge in [0.2, 0.25) is 5.91 Å². The van der Waals surface area contributed by atoms with Crippen molar-refractivity contribution in [1.29, 1.82) is 0 Å². The molecule has 0 aliphatic heterocycles. The maximum absolute atomic E-state index is 13.7. The van der Waals surface area contributed by atoms with Gasteiger partial charge in [-0.15, -0.1) is 0 Å². The molecular weight excluding hydrogens is 279 g/mol. The molecule has 104 valence electrons. The van der Waals surface area contributed by atoms with Crippen molar-refractivity contribution in [2.75, 3.05) is 5.32 Å². The number of anilines is 1. The van der Waals surface area contributed by atoms with E-state index in [1.807, 2.05) is 24.3 Å². The first kappa shape index (κ1) is 14.3. The lowest BCUT2D eigenvalue weighted by molar-refractivity contribution is -0.117. The Kier molecular flexibility index (Phi) is 4.58. The quantitative estimate of drug-likeness (QED) is 0.889. The monoisotopic (exact) mass is 292 g/mol. The van der Waals surface area contributed by atoms with Crippen LogP contribution in [-0.2, 0) is 17.8 Å². The molecule has 0 atom stereocenters. The highest BCUT2D eigenvalue weighted by molar-refractivity contribution is 6.30. The summed E-state index contributed by atoms with van der Waals surface area (Å²) >= 11 is 5.70. The number of para-hydroxylation sites is 1. The molecule has 0 heterocycles. The predicted octanol–water partition coefficient (Wildman–Crippen LogP) is 3.12. The van der Waals surface area contributed by atoms with Crippen molar-refractivity contribution in [1.82, 2.24) is 0 Å². The Morgan fingerprint density at radius 1 is 1.20 bits per heavy atom. The molecule has 0 fully saturated rings. The molecule has 2 aromatic rings. The number of benzene rings is 2. The van der Waals surface area contributed by atoms with Crippen molar-refractivity contribution in [3.05, 3.63) is 64.4 Å². The van der Waals surface area contributed by atoms with E-state index in [1.54, 1.807) is 12.1 Å². The summed E-state index contributed by atoms with van der Waals surface area (Å²) in [7, 11) is 0. The van der Waals surface area contributed by atoms with E-state index in [9.17, 15) is 9.18 Å². The van der Waals surface area contributed by atoms with Gasteiger partial charge in [0.05, 0.1) is 6.42 Å². The van der Waals surface area contributed by atoms with E-state index < -0.39 is 5.91 Å². The first-order chi connectivity index (χ1) is 9.56. The number of hydrogen-bond acceptors (Lipinski definition) is 2. The van der Waals surface area contributed by atoms with Crippen molar-refractivity contribution in [3.63, 3.8) is 0 Å². The third kappa shape index (κ3) is 3.71. The second-order valence-electron chi connectivity index (χ2n) is 4.39. The normalized spacial score (nSPS) is 10.3. The fraction of sp³-hybridized carbons (Fsp3) is 0.133. The first-order valence-electron chi connectivity index (χ1n) is 6.10. The van der Waals surface area contributed by atoms with E-state index in [0.29, 0.717) is 17.1 Å². The van der Waals surface area contributed by atoms with Gasteiger partial charge in [0.15, 0.2) is 0 Å². The standard InChI is InChI=1S/C15H14ClFN2O/c16-12-6-5-11(13(17)8-12)9-19-14-4-2-1-3-10(14)7-15(18)20/h1-6,8,19H,7,9H2,(H2,18,20). The average Bonchev–Trinajstić information content (AvgIpc) is 2.39. The van der Waals surface area contributed by atoms with Crippen LogP contribution in [0.1, 0.15) is 11.1 Å². The van der Waals surface area contributed by atoms with Gasteiger partial charge in [0, 0.05) is 22.8 Å². The molecule has 0 radical (unpaired) electrons. The Balaban J connectivity index is 2.12. The largest absolute Gasteiger partial charge is 0.381 e. The van der Waals surface area contributed by atoms with Crippen LogP contribution in [0.25, 0.3) is 0 Å². The van der Waals surface area contributed by atoms with Gasteiger partial charge in [-0.2, -0.15) is 0 Å². The Hall–Kier alpha value is -2.07. The lowest BCUT2D eigenvalue weighted by Gasteiger charge is -2.11. The highest BCUT2D eigenvalue weighted by Crippen LogP contribution is 2.19. The molecule has 0 aliphatic carbocycles. The van der Waals surface area contributed by atoms with Crippen LogP contribution >= 0.6 is 11.6 Å². The summed E-state index contributed by atoms with van der Waals surface area (Å²) in [6.07, 6.45) is 0.145. The fourth-order valence-electron chi connectivity index (χ4n) is 1.89. The summed E-state index contributed by atoms with van der Waals surface area (Å²) in [5.41, 5.74) is 7.25. The van der Waals surface area contributed by atoms with Gasteiger partial charge in [-0.25, -0.2) is 4.39 Å². The summed E-state index contributed by atoms with van der Waals surface area (Å²) in [6, 6.07) is 11.8. The second-order valence-corrected chi connectivity index (χ2v) is 4.83. The number of primary amides is 1. The van der Waals surface area contributed by atoms with Gasteiger partial charge in [0.25, 0.3) is 0 Å². The molecule has 0 aromatic heterocycles. The zero-order chi connectivity index (χ0) is 14.5. The van der Waals surface area contributed by atoms with Crippen LogP contribution in [0.4, 0.5) is 10.1 Å². The highest BCUT2D eigenvalue weighted by Gasteiger charge is 2.07. The van der Waals surface area contributed by atoms with E-state index >= 15 is 0 Å². The van der Waals surface area contributed by atoms with E-state index in [2.05, 4.69) is 5.32 Å². The van der Waals surface area contributed by atoms with Gasteiger partial charge in [-0.3, -0.25) is 4.79 Å². The van der Waals surface area contributed by atoms with Gasteiger partial charge in [-0.1, -0.05) is 35.9 Å². The third-order valence-electron chi connectivity index (χ3n) is 2.87. The van der Waals surface area contributed by atoms with E-state index in [0.717, 1.165) is 11.3 Å². The third-order valence-corrected chi connectivity index (χ3v) is 3.10. The summed E-state index contributed by atoms with van der Waals surface area (Å²) in [6.45, 7) is 0.304. The average molecular weight is 293 g/mol. The van der Waals surface area contributed by atoms with Crippen LogP contribution in [0.15, 0.2) is 42.5 Å². The van der Waals surface area contributed by atoms with Gasteiger partial charge < -0.3 is 11.1 Å². The van der Waals surface area contributed by atoms with E-state index in [-0.39, 0.29) is 12.2 Å². The van der Waals surface area contributed by atoms with E-state index in [4.69, 9.17) is 17.3 Å².